The number of hydrogen-bond acceptors (Lipinski definition) is 5. The predicted molar refractivity (Wildman–Crippen MR) is 101 cm³/mol. The number of hydrogen-bond donors (Lipinski definition) is 1. The number of aromatic nitrogens is 2. The molecule has 1 N–H and O–H groups in total. The standard InChI is InChI=1S/C17H12Cl2N2O4S/c1-2-21-14(25-13-5-6-26-20-13)8-12(22)15(17(23)24)16(21)9-3-4-10(18)11(19)7-9/h3-8H,2H2,1H3,(H,23,24). The molecule has 0 aliphatic carbocycles. The molecule has 0 atom stereocenters. The first-order valence-electron chi connectivity index (χ1n) is 7.47. The number of halogens is 2. The van der Waals surface area contributed by atoms with Crippen LogP contribution in [0.15, 0.2) is 40.5 Å². The lowest BCUT2D eigenvalue weighted by atomic mass is 10.0. The van der Waals surface area contributed by atoms with Gasteiger partial charge >= 0.3 is 5.97 Å². The van der Waals surface area contributed by atoms with Crippen LogP contribution in [0.4, 0.5) is 0 Å². The molecule has 1 aromatic carbocycles. The van der Waals surface area contributed by atoms with E-state index in [4.69, 9.17) is 27.9 Å². The van der Waals surface area contributed by atoms with E-state index in [0.717, 1.165) is 6.07 Å². The van der Waals surface area contributed by atoms with Gasteiger partial charge in [0.25, 0.3) is 0 Å². The number of rotatable bonds is 5. The summed E-state index contributed by atoms with van der Waals surface area (Å²) in [6.07, 6.45) is 0. The minimum Gasteiger partial charge on any atom is -0.477 e. The van der Waals surface area contributed by atoms with Crippen LogP contribution in [0.1, 0.15) is 17.3 Å². The second-order valence-electron chi connectivity index (χ2n) is 5.19. The monoisotopic (exact) mass is 410 g/mol. The third kappa shape index (κ3) is 3.46. The second kappa shape index (κ2) is 7.49. The molecule has 9 heteroatoms. The van der Waals surface area contributed by atoms with E-state index in [1.54, 1.807) is 28.1 Å². The quantitative estimate of drug-likeness (QED) is 0.653. The number of ether oxygens (including phenoxy) is 1. The van der Waals surface area contributed by atoms with Crippen molar-refractivity contribution in [2.75, 3.05) is 0 Å². The minimum atomic E-state index is -1.33. The molecule has 0 amide bonds. The van der Waals surface area contributed by atoms with Gasteiger partial charge in [-0.1, -0.05) is 29.3 Å². The van der Waals surface area contributed by atoms with Crippen molar-refractivity contribution >= 4 is 40.7 Å². The van der Waals surface area contributed by atoms with Crippen molar-refractivity contribution in [3.05, 3.63) is 61.5 Å². The van der Waals surface area contributed by atoms with E-state index >= 15 is 0 Å². The second-order valence-corrected chi connectivity index (χ2v) is 6.67. The van der Waals surface area contributed by atoms with Crippen molar-refractivity contribution in [3.8, 4) is 23.0 Å². The van der Waals surface area contributed by atoms with Gasteiger partial charge < -0.3 is 14.4 Å². The molecule has 0 aliphatic rings. The first-order chi connectivity index (χ1) is 12.4. The van der Waals surface area contributed by atoms with Crippen molar-refractivity contribution in [3.63, 3.8) is 0 Å². The van der Waals surface area contributed by atoms with Gasteiger partial charge in [-0.3, -0.25) is 4.79 Å². The summed E-state index contributed by atoms with van der Waals surface area (Å²) in [7, 11) is 0. The van der Waals surface area contributed by atoms with Crippen LogP contribution in [0.5, 0.6) is 11.8 Å². The van der Waals surface area contributed by atoms with E-state index < -0.39 is 11.4 Å². The van der Waals surface area contributed by atoms with Gasteiger partial charge in [0.05, 0.1) is 15.7 Å². The molecule has 0 saturated carbocycles. The summed E-state index contributed by atoms with van der Waals surface area (Å²) in [6.45, 7) is 2.17. The van der Waals surface area contributed by atoms with Crippen LogP contribution < -0.4 is 10.2 Å². The van der Waals surface area contributed by atoms with Crippen LogP contribution >= 0.6 is 34.7 Å². The zero-order valence-electron chi connectivity index (χ0n) is 13.4. The fourth-order valence-corrected chi connectivity index (χ4v) is 3.27. The van der Waals surface area contributed by atoms with Gasteiger partial charge in [-0.2, -0.15) is 4.37 Å². The van der Waals surface area contributed by atoms with Crippen molar-refractivity contribution < 1.29 is 14.6 Å². The largest absolute Gasteiger partial charge is 0.477 e. The van der Waals surface area contributed by atoms with Crippen molar-refractivity contribution in [2.24, 2.45) is 0 Å². The maximum atomic E-state index is 12.5. The number of carboxylic acids is 1. The highest BCUT2D eigenvalue weighted by molar-refractivity contribution is 7.03. The average Bonchev–Trinajstić information content (AvgIpc) is 3.09. The van der Waals surface area contributed by atoms with Gasteiger partial charge in [-0.15, -0.1) is 0 Å². The Morgan fingerprint density at radius 1 is 1.27 bits per heavy atom. The Kier molecular flexibility index (Phi) is 5.31. The minimum absolute atomic E-state index is 0.189. The van der Waals surface area contributed by atoms with Crippen LogP contribution in [0.2, 0.25) is 10.0 Å². The molecular formula is C17H12Cl2N2O4S. The van der Waals surface area contributed by atoms with Gasteiger partial charge in [0, 0.05) is 29.6 Å². The van der Waals surface area contributed by atoms with Crippen LogP contribution in [0, 0.1) is 0 Å². The van der Waals surface area contributed by atoms with Gasteiger partial charge in [-0.25, -0.2) is 4.79 Å². The molecule has 26 heavy (non-hydrogen) atoms. The lowest BCUT2D eigenvalue weighted by molar-refractivity contribution is 0.0695. The summed E-state index contributed by atoms with van der Waals surface area (Å²) < 4.78 is 11.3. The van der Waals surface area contributed by atoms with Crippen molar-refractivity contribution in [1.29, 1.82) is 0 Å². The first-order valence-corrected chi connectivity index (χ1v) is 9.06. The summed E-state index contributed by atoms with van der Waals surface area (Å²) in [5.41, 5.74) is -0.403. The van der Waals surface area contributed by atoms with Gasteiger partial charge in [0.15, 0.2) is 0 Å². The van der Waals surface area contributed by atoms with Crippen LogP contribution in [-0.4, -0.2) is 20.0 Å². The number of aromatic carboxylic acids is 1. The summed E-state index contributed by atoms with van der Waals surface area (Å²) in [6, 6.07) is 7.47. The van der Waals surface area contributed by atoms with E-state index in [0.29, 0.717) is 23.0 Å². The molecule has 0 bridgehead atoms. The zero-order valence-corrected chi connectivity index (χ0v) is 15.7. The lowest BCUT2D eigenvalue weighted by Gasteiger charge is -2.19. The summed E-state index contributed by atoms with van der Waals surface area (Å²) in [5, 5.41) is 11.9. The molecule has 3 rings (SSSR count). The Balaban J connectivity index is 2.31. The van der Waals surface area contributed by atoms with Crippen LogP contribution in [0.25, 0.3) is 11.3 Å². The number of nitrogens with zero attached hydrogens (tertiary/aromatic N) is 2. The zero-order chi connectivity index (χ0) is 18.8. The van der Waals surface area contributed by atoms with Crippen molar-refractivity contribution in [2.45, 2.75) is 13.5 Å². The molecule has 0 spiro atoms. The lowest BCUT2D eigenvalue weighted by Crippen LogP contribution is -2.21. The predicted octanol–water partition coefficient (Wildman–Crippen LogP) is 4.79. The highest BCUT2D eigenvalue weighted by atomic mass is 35.5. The van der Waals surface area contributed by atoms with Crippen LogP contribution in [-0.2, 0) is 6.54 Å². The normalized spacial score (nSPS) is 10.7. The third-order valence-electron chi connectivity index (χ3n) is 3.62. The maximum absolute atomic E-state index is 12.5. The molecule has 0 unspecified atom stereocenters. The molecular weight excluding hydrogens is 399 g/mol. The highest BCUT2D eigenvalue weighted by Gasteiger charge is 2.23. The molecule has 0 radical (unpaired) electrons. The Morgan fingerprint density at radius 3 is 2.62 bits per heavy atom. The SMILES string of the molecule is CCn1c(Oc2ccsn2)cc(=O)c(C(=O)O)c1-c1ccc(Cl)c(Cl)c1. The molecule has 2 heterocycles. The van der Waals surface area contributed by atoms with E-state index in [-0.39, 0.29) is 22.2 Å². The maximum Gasteiger partial charge on any atom is 0.341 e. The first kappa shape index (κ1) is 18.4. The Bertz CT molecular complexity index is 1030. The average molecular weight is 411 g/mol. The number of carboxylic acid groups (broad SMARTS) is 1. The third-order valence-corrected chi connectivity index (χ3v) is 4.90. The molecule has 3 aromatic rings. The summed E-state index contributed by atoms with van der Waals surface area (Å²) in [4.78, 5) is 24.2. The smallest absolute Gasteiger partial charge is 0.341 e. The molecule has 0 saturated heterocycles. The fraction of sp³-hybridized carbons (Fsp3) is 0.118. The topological polar surface area (TPSA) is 81.4 Å². The molecule has 6 nitrogen and oxygen atoms in total. The molecule has 0 fully saturated rings. The van der Waals surface area contributed by atoms with Gasteiger partial charge in [0.1, 0.15) is 5.56 Å². The summed E-state index contributed by atoms with van der Waals surface area (Å²) in [5.74, 6) is -0.826. The number of pyridine rings is 1. The van der Waals surface area contributed by atoms with Crippen molar-refractivity contribution in [1.82, 2.24) is 8.94 Å². The van der Waals surface area contributed by atoms with Gasteiger partial charge in [-0.05, 0) is 30.6 Å². The highest BCUT2D eigenvalue weighted by Crippen LogP contribution is 2.33. The Hall–Kier alpha value is -2.35. The number of carbonyl (C=O) groups is 1. The van der Waals surface area contributed by atoms with Crippen LogP contribution in [0.3, 0.4) is 0 Å². The summed E-state index contributed by atoms with van der Waals surface area (Å²) >= 11 is 13.2. The number of benzene rings is 1. The Labute approximate surface area is 162 Å². The van der Waals surface area contributed by atoms with E-state index in [9.17, 15) is 14.7 Å². The molecule has 2 aromatic heterocycles. The molecule has 0 aliphatic heterocycles. The van der Waals surface area contributed by atoms with E-state index in [1.165, 1.54) is 17.6 Å². The van der Waals surface area contributed by atoms with E-state index in [2.05, 4.69) is 4.37 Å². The van der Waals surface area contributed by atoms with E-state index in [1.807, 2.05) is 6.92 Å². The Morgan fingerprint density at radius 2 is 2.04 bits per heavy atom. The van der Waals surface area contributed by atoms with Gasteiger partial charge in [0.2, 0.25) is 17.2 Å². The molecule has 134 valence electrons. The fourth-order valence-electron chi connectivity index (χ4n) is 2.53.